The number of hydrogen-bond donors (Lipinski definition) is 1. The molecule has 2 aromatic carbocycles. The third-order valence-corrected chi connectivity index (χ3v) is 4.92. The summed E-state index contributed by atoms with van der Waals surface area (Å²) in [4.78, 5) is 2.39. The molecule has 0 unspecified atom stereocenters. The smallest absolute Gasteiger partial charge is 0.116 e. The molecule has 0 aromatic heterocycles. The molecule has 2 aliphatic rings. The number of nitrogens with zero attached hydrogens (tertiary/aromatic N) is 1. The van der Waals surface area contributed by atoms with Crippen molar-refractivity contribution in [3.8, 4) is 5.75 Å². The van der Waals surface area contributed by atoms with Crippen LogP contribution < -0.4 is 0 Å². The van der Waals surface area contributed by atoms with Crippen molar-refractivity contribution >= 4 is 17.7 Å². The third kappa shape index (κ3) is 2.60. The summed E-state index contributed by atoms with van der Waals surface area (Å²) >= 11 is 0. The second kappa shape index (κ2) is 5.71. The SMILES string of the molecule is CN1CCC(=C2c3ccccc3C=Cc3cc(O)ccc32)CC1. The van der Waals surface area contributed by atoms with E-state index in [4.69, 9.17) is 0 Å². The molecule has 4 rings (SSSR count). The predicted molar refractivity (Wildman–Crippen MR) is 96.2 cm³/mol. The van der Waals surface area contributed by atoms with Crippen LogP contribution in [0.3, 0.4) is 0 Å². The summed E-state index contributed by atoms with van der Waals surface area (Å²) in [7, 11) is 2.19. The third-order valence-electron chi connectivity index (χ3n) is 4.92. The first-order chi connectivity index (χ1) is 11.2. The minimum Gasteiger partial charge on any atom is -0.508 e. The number of piperidine rings is 1. The quantitative estimate of drug-likeness (QED) is 0.665. The molecule has 23 heavy (non-hydrogen) atoms. The molecular formula is C21H21NO. The molecule has 0 amide bonds. The summed E-state index contributed by atoms with van der Waals surface area (Å²) in [6, 6.07) is 14.3. The van der Waals surface area contributed by atoms with E-state index in [2.05, 4.69) is 54.4 Å². The van der Waals surface area contributed by atoms with Crippen LogP contribution in [0.15, 0.2) is 48.0 Å². The minimum atomic E-state index is 0.326. The van der Waals surface area contributed by atoms with Crippen LogP contribution in [-0.4, -0.2) is 30.1 Å². The first-order valence-electron chi connectivity index (χ1n) is 8.24. The molecule has 1 saturated heterocycles. The van der Waals surface area contributed by atoms with Crippen LogP contribution >= 0.6 is 0 Å². The summed E-state index contributed by atoms with van der Waals surface area (Å²) in [5.74, 6) is 0.326. The van der Waals surface area contributed by atoms with Crippen LogP contribution in [0.5, 0.6) is 5.75 Å². The van der Waals surface area contributed by atoms with Gasteiger partial charge in [-0.1, -0.05) is 48.1 Å². The van der Waals surface area contributed by atoms with Crippen LogP contribution in [0.1, 0.15) is 35.1 Å². The van der Waals surface area contributed by atoms with E-state index in [0.29, 0.717) is 5.75 Å². The second-order valence-electron chi connectivity index (χ2n) is 6.47. The van der Waals surface area contributed by atoms with Crippen LogP contribution in [0, 0.1) is 0 Å². The molecule has 2 aromatic rings. The Morgan fingerprint density at radius 3 is 2.39 bits per heavy atom. The molecule has 0 saturated carbocycles. The molecule has 1 fully saturated rings. The lowest BCUT2D eigenvalue weighted by molar-refractivity contribution is 0.313. The lowest BCUT2D eigenvalue weighted by atomic mass is 9.86. The Bertz CT molecular complexity index is 806. The normalized spacial score (nSPS) is 17.6. The summed E-state index contributed by atoms with van der Waals surface area (Å²) < 4.78 is 0. The van der Waals surface area contributed by atoms with Gasteiger partial charge in [0.15, 0.2) is 0 Å². The van der Waals surface area contributed by atoms with E-state index in [0.717, 1.165) is 31.5 Å². The number of benzene rings is 2. The van der Waals surface area contributed by atoms with Gasteiger partial charge >= 0.3 is 0 Å². The molecule has 1 aliphatic heterocycles. The highest BCUT2D eigenvalue weighted by Crippen LogP contribution is 2.39. The zero-order valence-electron chi connectivity index (χ0n) is 13.4. The number of fused-ring (bicyclic) bond motifs is 2. The van der Waals surface area contributed by atoms with Crippen molar-refractivity contribution in [3.05, 3.63) is 70.3 Å². The fraction of sp³-hybridized carbons (Fsp3) is 0.238. The van der Waals surface area contributed by atoms with Crippen molar-refractivity contribution < 1.29 is 5.11 Å². The molecule has 0 radical (unpaired) electrons. The van der Waals surface area contributed by atoms with E-state index in [1.807, 2.05) is 6.07 Å². The fourth-order valence-corrected chi connectivity index (χ4v) is 3.63. The van der Waals surface area contributed by atoms with Gasteiger partial charge in [0, 0.05) is 13.1 Å². The number of phenolic OH excluding ortho intramolecular Hbond substituents is 1. The highest BCUT2D eigenvalue weighted by Gasteiger charge is 2.21. The lowest BCUT2D eigenvalue weighted by Crippen LogP contribution is -2.27. The van der Waals surface area contributed by atoms with Crippen molar-refractivity contribution in [3.63, 3.8) is 0 Å². The maximum Gasteiger partial charge on any atom is 0.116 e. The number of phenols is 1. The predicted octanol–water partition coefficient (Wildman–Crippen LogP) is 4.40. The van der Waals surface area contributed by atoms with Gasteiger partial charge in [-0.2, -0.15) is 0 Å². The average molecular weight is 303 g/mol. The van der Waals surface area contributed by atoms with Gasteiger partial charge in [0.1, 0.15) is 5.75 Å². The van der Waals surface area contributed by atoms with E-state index in [1.165, 1.54) is 27.8 Å². The maximum atomic E-state index is 9.87. The first kappa shape index (κ1) is 14.3. The molecular weight excluding hydrogens is 282 g/mol. The Labute approximate surface area is 137 Å². The maximum absolute atomic E-state index is 9.87. The van der Waals surface area contributed by atoms with E-state index >= 15 is 0 Å². The minimum absolute atomic E-state index is 0.326. The molecule has 2 nitrogen and oxygen atoms in total. The molecule has 0 spiro atoms. The summed E-state index contributed by atoms with van der Waals surface area (Å²) in [5, 5.41) is 9.87. The zero-order chi connectivity index (χ0) is 15.8. The summed E-state index contributed by atoms with van der Waals surface area (Å²) in [5.41, 5.74) is 7.81. The summed E-state index contributed by atoms with van der Waals surface area (Å²) in [6.07, 6.45) is 6.51. The van der Waals surface area contributed by atoms with Crippen molar-refractivity contribution in [2.24, 2.45) is 0 Å². The van der Waals surface area contributed by atoms with Gasteiger partial charge in [0.2, 0.25) is 0 Å². The van der Waals surface area contributed by atoms with Crippen LogP contribution in [0.25, 0.3) is 17.7 Å². The Morgan fingerprint density at radius 2 is 1.57 bits per heavy atom. The van der Waals surface area contributed by atoms with Gasteiger partial charge < -0.3 is 10.0 Å². The second-order valence-corrected chi connectivity index (χ2v) is 6.47. The Hall–Kier alpha value is -2.32. The van der Waals surface area contributed by atoms with Crippen molar-refractivity contribution in [2.45, 2.75) is 12.8 Å². The molecule has 1 N–H and O–H groups in total. The lowest BCUT2D eigenvalue weighted by Gasteiger charge is -2.27. The van der Waals surface area contributed by atoms with Crippen molar-refractivity contribution in [2.75, 3.05) is 20.1 Å². The Kier molecular flexibility index (Phi) is 3.55. The number of aromatic hydroxyl groups is 1. The van der Waals surface area contributed by atoms with Gasteiger partial charge in [0.25, 0.3) is 0 Å². The highest BCUT2D eigenvalue weighted by molar-refractivity contribution is 5.95. The molecule has 0 bridgehead atoms. The highest BCUT2D eigenvalue weighted by atomic mass is 16.3. The topological polar surface area (TPSA) is 23.5 Å². The largest absolute Gasteiger partial charge is 0.508 e. The Balaban J connectivity index is 1.97. The van der Waals surface area contributed by atoms with Gasteiger partial charge in [-0.05, 0) is 59.8 Å². The number of hydrogen-bond acceptors (Lipinski definition) is 2. The van der Waals surface area contributed by atoms with E-state index in [-0.39, 0.29) is 0 Å². The fourth-order valence-electron chi connectivity index (χ4n) is 3.63. The first-order valence-corrected chi connectivity index (χ1v) is 8.24. The molecule has 116 valence electrons. The van der Waals surface area contributed by atoms with E-state index in [1.54, 1.807) is 6.07 Å². The molecule has 1 heterocycles. The van der Waals surface area contributed by atoms with Gasteiger partial charge in [-0.25, -0.2) is 0 Å². The van der Waals surface area contributed by atoms with E-state index < -0.39 is 0 Å². The molecule has 0 atom stereocenters. The van der Waals surface area contributed by atoms with E-state index in [9.17, 15) is 5.11 Å². The number of likely N-dealkylation sites (tertiary alicyclic amines) is 1. The van der Waals surface area contributed by atoms with Crippen LogP contribution in [0.4, 0.5) is 0 Å². The standard InChI is InChI=1S/C21H21NO/c1-22-12-10-16(11-13-22)21-19-5-3-2-4-15(19)6-7-17-14-18(23)8-9-20(17)21/h2-9,14,23H,10-13H2,1H3. The van der Waals surface area contributed by atoms with Gasteiger partial charge in [-0.3, -0.25) is 0 Å². The van der Waals surface area contributed by atoms with Crippen molar-refractivity contribution in [1.29, 1.82) is 0 Å². The molecule has 2 heteroatoms. The van der Waals surface area contributed by atoms with Crippen LogP contribution in [0.2, 0.25) is 0 Å². The Morgan fingerprint density at radius 1 is 0.870 bits per heavy atom. The van der Waals surface area contributed by atoms with Crippen molar-refractivity contribution in [1.82, 2.24) is 4.90 Å². The number of rotatable bonds is 0. The van der Waals surface area contributed by atoms with Crippen LogP contribution in [-0.2, 0) is 0 Å². The van der Waals surface area contributed by atoms with Gasteiger partial charge in [-0.15, -0.1) is 0 Å². The van der Waals surface area contributed by atoms with Gasteiger partial charge in [0.05, 0.1) is 0 Å². The molecule has 1 aliphatic carbocycles. The zero-order valence-corrected chi connectivity index (χ0v) is 13.4. The average Bonchev–Trinajstić information content (AvgIpc) is 2.72. The monoisotopic (exact) mass is 303 g/mol. The summed E-state index contributed by atoms with van der Waals surface area (Å²) in [6.45, 7) is 2.23.